The lowest BCUT2D eigenvalue weighted by Crippen LogP contribution is -2.33. The summed E-state index contributed by atoms with van der Waals surface area (Å²) < 4.78 is 34.0. The average Bonchev–Trinajstić information content (AvgIpc) is 3.36. The van der Waals surface area contributed by atoms with Gasteiger partial charge in [-0.15, -0.1) is 0 Å². The van der Waals surface area contributed by atoms with Gasteiger partial charge >= 0.3 is 11.7 Å². The Kier molecular flexibility index (Phi) is 4.66. The Hall–Kier alpha value is -3.57. The number of fused-ring (bicyclic) bond motifs is 2. The number of ether oxygens (including phenoxy) is 1. The summed E-state index contributed by atoms with van der Waals surface area (Å²) in [6.07, 6.45) is 2.15. The summed E-state index contributed by atoms with van der Waals surface area (Å²) in [6, 6.07) is 8.69. The minimum absolute atomic E-state index is 0.0720. The highest BCUT2D eigenvalue weighted by atomic mass is 35.5. The molecule has 0 radical (unpaired) electrons. The van der Waals surface area contributed by atoms with E-state index in [2.05, 4.69) is 4.98 Å². The van der Waals surface area contributed by atoms with Crippen LogP contribution in [0.3, 0.4) is 0 Å². The van der Waals surface area contributed by atoms with E-state index in [4.69, 9.17) is 16.3 Å². The van der Waals surface area contributed by atoms with Crippen molar-refractivity contribution in [1.29, 1.82) is 0 Å². The van der Waals surface area contributed by atoms with Crippen LogP contribution >= 0.6 is 11.6 Å². The van der Waals surface area contributed by atoms with Gasteiger partial charge in [-0.1, -0.05) is 22.4 Å². The first-order valence-corrected chi connectivity index (χ1v) is 11.7. The highest BCUT2D eigenvalue weighted by Crippen LogP contribution is 2.41. The van der Waals surface area contributed by atoms with E-state index in [1.165, 1.54) is 31.2 Å². The Morgan fingerprint density at radius 1 is 1.21 bits per heavy atom. The number of aromatic amines is 1. The van der Waals surface area contributed by atoms with Gasteiger partial charge in [0.15, 0.2) is 0 Å². The standard InChI is InChI=1S/C21H16ClN3O7S/c1-10(26)32-16-9-15(16)24-7-6-11-2-3-12(8-14(11)24)33(30,31)17-5-4-13(22)18-19(17)23-21(28)25(29)20(18)27/h2-8,15-16,29H,9H2,1H3,(H,23,28). The van der Waals surface area contributed by atoms with Crippen LogP contribution in [-0.2, 0) is 19.4 Å². The van der Waals surface area contributed by atoms with Crippen LogP contribution in [0, 0.1) is 0 Å². The number of sulfone groups is 1. The largest absolute Gasteiger partial charge is 0.460 e. The van der Waals surface area contributed by atoms with Crippen molar-refractivity contribution in [3.05, 3.63) is 68.5 Å². The van der Waals surface area contributed by atoms with Crippen molar-refractivity contribution in [3.8, 4) is 0 Å². The molecule has 1 aliphatic rings. The predicted molar refractivity (Wildman–Crippen MR) is 118 cm³/mol. The quantitative estimate of drug-likeness (QED) is 0.331. The molecule has 1 saturated carbocycles. The molecule has 170 valence electrons. The molecule has 12 heteroatoms. The zero-order chi connectivity index (χ0) is 23.7. The zero-order valence-electron chi connectivity index (χ0n) is 17.0. The SMILES string of the molecule is CC(=O)OC1CC1n1ccc2ccc(S(=O)(=O)c3ccc(Cl)c4c(=O)n(O)c(=O)[nH]c34)cc21. The summed E-state index contributed by atoms with van der Waals surface area (Å²) in [6.45, 7) is 1.33. The van der Waals surface area contributed by atoms with Gasteiger partial charge in [0.2, 0.25) is 9.84 Å². The molecular formula is C21H16ClN3O7S. The second-order valence-electron chi connectivity index (χ2n) is 7.74. The van der Waals surface area contributed by atoms with Crippen LogP contribution in [0.2, 0.25) is 5.02 Å². The number of hydrogen-bond acceptors (Lipinski definition) is 7. The fraction of sp³-hybridized carbons (Fsp3) is 0.190. The zero-order valence-corrected chi connectivity index (χ0v) is 18.6. The number of aromatic nitrogens is 3. The second kappa shape index (κ2) is 7.22. The molecule has 0 aliphatic heterocycles. The first kappa shape index (κ1) is 21.3. The van der Waals surface area contributed by atoms with Crippen LogP contribution in [0.25, 0.3) is 21.8 Å². The van der Waals surface area contributed by atoms with Crippen molar-refractivity contribution >= 4 is 49.2 Å². The van der Waals surface area contributed by atoms with Gasteiger partial charge < -0.3 is 19.5 Å². The number of carbonyl (C=O) groups is 1. The molecule has 0 saturated heterocycles. The molecule has 0 bridgehead atoms. The molecule has 1 aliphatic carbocycles. The number of rotatable bonds is 4. The predicted octanol–water partition coefficient (Wildman–Crippen LogP) is 2.24. The van der Waals surface area contributed by atoms with E-state index in [1.807, 2.05) is 10.6 Å². The Labute approximate surface area is 190 Å². The van der Waals surface area contributed by atoms with Crippen LogP contribution in [0.4, 0.5) is 0 Å². The maximum absolute atomic E-state index is 13.5. The summed E-state index contributed by atoms with van der Waals surface area (Å²) >= 11 is 6.05. The Morgan fingerprint density at radius 2 is 1.97 bits per heavy atom. The van der Waals surface area contributed by atoms with Gasteiger partial charge in [-0.25, -0.2) is 13.2 Å². The third-order valence-corrected chi connectivity index (χ3v) is 7.72. The topological polar surface area (TPSA) is 140 Å². The Balaban J connectivity index is 1.67. The van der Waals surface area contributed by atoms with Crippen LogP contribution in [0.15, 0.2) is 62.0 Å². The van der Waals surface area contributed by atoms with Crippen molar-refractivity contribution in [2.75, 3.05) is 0 Å². The third-order valence-electron chi connectivity index (χ3n) is 5.62. The van der Waals surface area contributed by atoms with Crippen molar-refractivity contribution in [1.82, 2.24) is 14.3 Å². The number of hydrogen-bond donors (Lipinski definition) is 2. The fourth-order valence-electron chi connectivity index (χ4n) is 3.98. The van der Waals surface area contributed by atoms with Gasteiger partial charge in [0.25, 0.3) is 5.56 Å². The van der Waals surface area contributed by atoms with Crippen LogP contribution < -0.4 is 11.2 Å². The lowest BCUT2D eigenvalue weighted by molar-refractivity contribution is -0.142. The Morgan fingerprint density at radius 3 is 2.70 bits per heavy atom. The smallest absolute Gasteiger partial charge is 0.362 e. The summed E-state index contributed by atoms with van der Waals surface area (Å²) in [5, 5.41) is 9.96. The maximum atomic E-state index is 13.5. The van der Waals surface area contributed by atoms with E-state index in [-0.39, 0.29) is 48.6 Å². The lowest BCUT2D eigenvalue weighted by atomic mass is 10.2. The van der Waals surface area contributed by atoms with Gasteiger partial charge in [0.05, 0.1) is 31.8 Å². The Bertz CT molecular complexity index is 1700. The van der Waals surface area contributed by atoms with Crippen molar-refractivity contribution in [3.63, 3.8) is 0 Å². The summed E-state index contributed by atoms with van der Waals surface area (Å²) in [4.78, 5) is 37.3. The number of H-pyrrole nitrogens is 1. The van der Waals surface area contributed by atoms with E-state index < -0.39 is 21.1 Å². The molecule has 0 amide bonds. The molecule has 2 heterocycles. The average molecular weight is 490 g/mol. The lowest BCUT2D eigenvalue weighted by Gasteiger charge is -2.11. The van der Waals surface area contributed by atoms with Gasteiger partial charge in [-0.2, -0.15) is 0 Å². The number of benzene rings is 2. The number of halogens is 1. The van der Waals surface area contributed by atoms with E-state index in [0.29, 0.717) is 11.9 Å². The molecule has 2 N–H and O–H groups in total. The van der Waals surface area contributed by atoms with Crippen LogP contribution in [0.5, 0.6) is 0 Å². The molecule has 10 nitrogen and oxygen atoms in total. The van der Waals surface area contributed by atoms with Crippen LogP contribution in [0.1, 0.15) is 19.4 Å². The van der Waals surface area contributed by atoms with Crippen molar-refractivity contribution in [2.45, 2.75) is 35.3 Å². The molecular weight excluding hydrogens is 474 g/mol. The number of carbonyl (C=O) groups excluding carboxylic acids is 1. The normalized spacial score (nSPS) is 18.0. The first-order chi connectivity index (χ1) is 15.6. The molecule has 2 unspecified atom stereocenters. The van der Waals surface area contributed by atoms with E-state index in [1.54, 1.807) is 12.3 Å². The number of nitrogens with zero attached hydrogens (tertiary/aromatic N) is 2. The summed E-state index contributed by atoms with van der Waals surface area (Å²) in [7, 11) is -4.21. The van der Waals surface area contributed by atoms with Crippen molar-refractivity contribution < 1.29 is 23.2 Å². The van der Waals surface area contributed by atoms with Crippen molar-refractivity contribution in [2.24, 2.45) is 0 Å². The van der Waals surface area contributed by atoms with E-state index in [9.17, 15) is 28.0 Å². The maximum Gasteiger partial charge on any atom is 0.362 e. The number of nitrogens with one attached hydrogen (secondary N) is 1. The fourth-order valence-corrected chi connectivity index (χ4v) is 5.65. The van der Waals surface area contributed by atoms with Gasteiger partial charge in [-0.05, 0) is 35.7 Å². The number of esters is 1. The highest BCUT2D eigenvalue weighted by molar-refractivity contribution is 7.91. The van der Waals surface area contributed by atoms with Gasteiger partial charge in [0, 0.05) is 25.1 Å². The minimum Gasteiger partial charge on any atom is -0.460 e. The summed E-state index contributed by atoms with van der Waals surface area (Å²) in [5.74, 6) is -0.382. The molecule has 4 aromatic rings. The molecule has 2 aromatic heterocycles. The molecule has 33 heavy (non-hydrogen) atoms. The van der Waals surface area contributed by atoms with E-state index >= 15 is 0 Å². The third kappa shape index (κ3) is 3.31. The van der Waals surface area contributed by atoms with Gasteiger partial charge in [0.1, 0.15) is 6.10 Å². The second-order valence-corrected chi connectivity index (χ2v) is 10.1. The first-order valence-electron chi connectivity index (χ1n) is 9.79. The van der Waals surface area contributed by atoms with E-state index in [0.717, 1.165) is 5.39 Å². The van der Waals surface area contributed by atoms with Gasteiger partial charge in [-0.3, -0.25) is 9.59 Å². The highest BCUT2D eigenvalue weighted by Gasteiger charge is 2.42. The molecule has 5 rings (SSSR count). The molecule has 2 atom stereocenters. The molecule has 1 fully saturated rings. The summed E-state index contributed by atoms with van der Waals surface area (Å²) in [5.41, 5.74) is -2.00. The van der Waals surface area contributed by atoms with Crippen LogP contribution in [-0.4, -0.2) is 40.0 Å². The molecule has 0 spiro atoms. The minimum atomic E-state index is -4.21. The molecule has 2 aromatic carbocycles. The monoisotopic (exact) mass is 489 g/mol.